The van der Waals surface area contributed by atoms with E-state index in [0.29, 0.717) is 18.1 Å². The smallest absolute Gasteiger partial charge is 0.234 e. The fourth-order valence-electron chi connectivity index (χ4n) is 5.01. The molecule has 0 saturated carbocycles. The van der Waals surface area contributed by atoms with Crippen LogP contribution < -0.4 is 19.4 Å². The lowest BCUT2D eigenvalue weighted by atomic mass is 10.1. The molecule has 40 heavy (non-hydrogen) atoms. The maximum absolute atomic E-state index is 13.1. The summed E-state index contributed by atoms with van der Waals surface area (Å²) in [5.74, 6) is 1.29. The van der Waals surface area contributed by atoms with Crippen molar-refractivity contribution in [3.05, 3.63) is 70.2 Å². The lowest BCUT2D eigenvalue weighted by Crippen LogP contribution is -2.34. The molecule has 1 amide bonds. The number of unbranched alkanes of at least 4 members (excludes halogenated alkanes) is 11. The molecule has 0 spiro atoms. The molecule has 0 saturated heterocycles. The van der Waals surface area contributed by atoms with Crippen molar-refractivity contribution in [3.8, 4) is 11.5 Å². The molecule has 1 heterocycles. The maximum Gasteiger partial charge on any atom is 0.234 e. The minimum atomic E-state index is -0.0667. The van der Waals surface area contributed by atoms with E-state index in [1.165, 1.54) is 75.6 Å². The second-order valence-corrected chi connectivity index (χ2v) is 11.7. The second-order valence-electron chi connectivity index (χ2n) is 10.6. The maximum atomic E-state index is 13.1. The fourth-order valence-corrected chi connectivity index (χ4v) is 5.68. The number of benzene rings is 2. The van der Waals surface area contributed by atoms with Crippen LogP contribution in [-0.2, 0) is 17.8 Å². The van der Waals surface area contributed by atoms with Gasteiger partial charge in [0.2, 0.25) is 10.9 Å². The van der Waals surface area contributed by atoms with Crippen LogP contribution in [0.3, 0.4) is 0 Å². The van der Waals surface area contributed by atoms with Gasteiger partial charge in [-0.3, -0.25) is 4.79 Å². The van der Waals surface area contributed by atoms with Crippen molar-refractivity contribution in [1.29, 1.82) is 0 Å². The molecule has 0 fully saturated rings. The number of rotatable bonds is 20. The largest absolute Gasteiger partial charge is 0.493 e. The number of hydrogen-bond acceptors (Lipinski definition) is 4. The Morgan fingerprint density at radius 2 is 1.50 bits per heavy atom. The molecule has 0 atom stereocenters. The molecule has 6 heteroatoms. The van der Waals surface area contributed by atoms with E-state index in [4.69, 9.17) is 9.47 Å². The van der Waals surface area contributed by atoms with Crippen molar-refractivity contribution < 1.29 is 18.8 Å². The Bertz CT molecular complexity index is 1140. The minimum Gasteiger partial charge on any atom is -0.493 e. The van der Waals surface area contributed by atoms with Gasteiger partial charge in [0.25, 0.3) is 0 Å². The van der Waals surface area contributed by atoms with Gasteiger partial charge in [0.1, 0.15) is 0 Å². The standard InChI is InChI=1S/C34H48N2O3S/c1-4-5-6-7-8-9-10-11-12-13-14-17-24-39-34-29(20-18-22-32(34)38-3)26-33(37)35-31-21-16-15-19-30(31)27-36-23-25-40-28(36)2/h15-16,18-23,25H,4-14,17,24,26-27H2,1-3H3/p+1. The van der Waals surface area contributed by atoms with Gasteiger partial charge in [-0.25, -0.2) is 0 Å². The highest BCUT2D eigenvalue weighted by molar-refractivity contribution is 7.09. The average Bonchev–Trinajstić information content (AvgIpc) is 3.36. The van der Waals surface area contributed by atoms with Gasteiger partial charge >= 0.3 is 0 Å². The third-order valence-corrected chi connectivity index (χ3v) is 8.23. The van der Waals surface area contributed by atoms with Crippen LogP contribution in [0.4, 0.5) is 5.69 Å². The summed E-state index contributed by atoms with van der Waals surface area (Å²) in [6, 6.07) is 13.8. The van der Waals surface area contributed by atoms with Crippen LogP contribution in [0.5, 0.6) is 11.5 Å². The van der Waals surface area contributed by atoms with E-state index < -0.39 is 0 Å². The molecule has 0 aliphatic carbocycles. The number of para-hydroxylation sites is 2. The molecule has 3 rings (SSSR count). The summed E-state index contributed by atoms with van der Waals surface area (Å²) in [6.07, 6.45) is 18.0. The zero-order valence-corrected chi connectivity index (χ0v) is 25.7. The number of thiazole rings is 1. The Balaban J connectivity index is 1.44. The molecule has 218 valence electrons. The van der Waals surface area contributed by atoms with Crippen molar-refractivity contribution in [2.75, 3.05) is 19.0 Å². The summed E-state index contributed by atoms with van der Waals surface area (Å²) in [5, 5.41) is 6.44. The van der Waals surface area contributed by atoms with E-state index in [1.54, 1.807) is 18.4 Å². The van der Waals surface area contributed by atoms with Crippen molar-refractivity contribution in [2.45, 2.75) is 104 Å². The zero-order valence-electron chi connectivity index (χ0n) is 24.9. The minimum absolute atomic E-state index is 0.0667. The highest BCUT2D eigenvalue weighted by Crippen LogP contribution is 2.32. The third kappa shape index (κ3) is 11.0. The predicted molar refractivity (Wildman–Crippen MR) is 167 cm³/mol. The molecule has 0 bridgehead atoms. The Kier molecular flexibility index (Phi) is 14.6. The van der Waals surface area contributed by atoms with E-state index >= 15 is 0 Å². The molecule has 5 nitrogen and oxygen atoms in total. The van der Waals surface area contributed by atoms with Gasteiger partial charge in [0, 0.05) is 18.1 Å². The van der Waals surface area contributed by atoms with Gasteiger partial charge in [0.05, 0.1) is 31.2 Å². The molecule has 0 aliphatic heterocycles. The number of amides is 1. The highest BCUT2D eigenvalue weighted by Gasteiger charge is 2.17. The van der Waals surface area contributed by atoms with Crippen molar-refractivity contribution in [1.82, 2.24) is 0 Å². The van der Waals surface area contributed by atoms with Gasteiger partial charge in [-0.2, -0.15) is 4.57 Å². The van der Waals surface area contributed by atoms with Crippen LogP contribution in [0, 0.1) is 6.92 Å². The van der Waals surface area contributed by atoms with E-state index in [9.17, 15) is 4.79 Å². The van der Waals surface area contributed by atoms with Crippen LogP contribution in [0.25, 0.3) is 0 Å². The first-order valence-corrected chi connectivity index (χ1v) is 16.1. The first-order chi connectivity index (χ1) is 19.6. The van der Waals surface area contributed by atoms with E-state index in [0.717, 1.165) is 29.8 Å². The molecule has 0 aliphatic rings. The number of aryl methyl sites for hydroxylation is 1. The number of hydrogen-bond donors (Lipinski definition) is 1. The lowest BCUT2D eigenvalue weighted by Gasteiger charge is -2.15. The van der Waals surface area contributed by atoms with E-state index in [2.05, 4.69) is 41.4 Å². The predicted octanol–water partition coefficient (Wildman–Crippen LogP) is 8.66. The van der Waals surface area contributed by atoms with Crippen LogP contribution in [-0.4, -0.2) is 19.6 Å². The molecule has 1 aromatic heterocycles. The molecule has 2 aromatic carbocycles. The Hall–Kier alpha value is -2.86. The van der Waals surface area contributed by atoms with Gasteiger partial charge in [-0.05, 0) is 18.6 Å². The highest BCUT2D eigenvalue weighted by atomic mass is 32.1. The first-order valence-electron chi connectivity index (χ1n) is 15.2. The molecule has 0 unspecified atom stereocenters. The number of methoxy groups -OCH3 is 1. The average molecular weight is 566 g/mol. The SMILES string of the molecule is CCCCCCCCCCCCCCOc1c(CC(=O)Nc2ccccc2C[n+]2ccsc2C)cccc1OC. The number of carbonyl (C=O) groups is 1. The summed E-state index contributed by atoms with van der Waals surface area (Å²) < 4.78 is 14.0. The summed E-state index contributed by atoms with van der Waals surface area (Å²) in [6.45, 7) is 5.73. The molecule has 1 N–H and O–H groups in total. The number of ether oxygens (including phenoxy) is 2. The van der Waals surface area contributed by atoms with Crippen molar-refractivity contribution >= 4 is 22.9 Å². The fraction of sp³-hybridized carbons (Fsp3) is 0.529. The summed E-state index contributed by atoms with van der Waals surface area (Å²) >= 11 is 1.72. The Labute approximate surface area is 245 Å². The van der Waals surface area contributed by atoms with Crippen molar-refractivity contribution in [3.63, 3.8) is 0 Å². The summed E-state index contributed by atoms with van der Waals surface area (Å²) in [5.41, 5.74) is 2.76. The van der Waals surface area contributed by atoms with Gasteiger partial charge in [0.15, 0.2) is 24.2 Å². The van der Waals surface area contributed by atoms with E-state index in [1.807, 2.05) is 36.4 Å². The van der Waals surface area contributed by atoms with Crippen LogP contribution >= 0.6 is 11.3 Å². The van der Waals surface area contributed by atoms with Gasteiger partial charge in [-0.1, -0.05) is 119 Å². The lowest BCUT2D eigenvalue weighted by molar-refractivity contribution is -0.689. The molecule has 0 radical (unpaired) electrons. The van der Waals surface area contributed by atoms with Gasteiger partial charge < -0.3 is 14.8 Å². The second kappa shape index (κ2) is 18.5. The van der Waals surface area contributed by atoms with Crippen molar-refractivity contribution in [2.24, 2.45) is 0 Å². The third-order valence-electron chi connectivity index (χ3n) is 7.39. The quantitative estimate of drug-likeness (QED) is 0.110. The molecular weight excluding hydrogens is 516 g/mol. The zero-order chi connectivity index (χ0) is 28.4. The summed E-state index contributed by atoms with van der Waals surface area (Å²) in [7, 11) is 1.65. The number of aromatic nitrogens is 1. The number of anilines is 1. The van der Waals surface area contributed by atoms with Crippen LogP contribution in [0.2, 0.25) is 0 Å². The Morgan fingerprint density at radius 3 is 2.15 bits per heavy atom. The van der Waals surface area contributed by atoms with E-state index in [-0.39, 0.29) is 12.3 Å². The van der Waals surface area contributed by atoms with Crippen LogP contribution in [0.1, 0.15) is 100 Å². The number of carbonyl (C=O) groups excluding carboxylic acids is 1. The topological polar surface area (TPSA) is 51.4 Å². The summed E-state index contributed by atoms with van der Waals surface area (Å²) in [4.78, 5) is 13.1. The molecular formula is C34H49N2O3S+. The molecule has 3 aromatic rings. The van der Waals surface area contributed by atoms with Gasteiger partial charge in [-0.15, -0.1) is 0 Å². The normalized spacial score (nSPS) is 11.0. The Morgan fingerprint density at radius 1 is 0.850 bits per heavy atom. The van der Waals surface area contributed by atoms with Crippen LogP contribution in [0.15, 0.2) is 54.0 Å². The number of nitrogens with one attached hydrogen (secondary N) is 1. The number of nitrogens with zero attached hydrogens (tertiary/aromatic N) is 1. The first kappa shape index (κ1) is 31.7. The monoisotopic (exact) mass is 565 g/mol.